The van der Waals surface area contributed by atoms with Crippen LogP contribution in [0.4, 0.5) is 0 Å². The molecule has 8 heteroatoms. The quantitative estimate of drug-likeness (QED) is 0.347. The molecule has 0 spiro atoms. The minimum atomic E-state index is -0.459. The van der Waals surface area contributed by atoms with E-state index in [0.29, 0.717) is 24.3 Å². The molecule has 36 heavy (non-hydrogen) atoms. The van der Waals surface area contributed by atoms with Gasteiger partial charge in [-0.05, 0) is 75.7 Å². The number of likely N-dealkylation sites (tertiary alicyclic amines) is 1. The summed E-state index contributed by atoms with van der Waals surface area (Å²) in [7, 11) is 0. The molecule has 1 aromatic heterocycles. The normalized spacial score (nSPS) is 22.0. The number of hydrogen-bond donors (Lipinski definition) is 3. The average molecular weight is 489 g/mol. The van der Waals surface area contributed by atoms with Crippen molar-refractivity contribution in [1.82, 2.24) is 20.7 Å². The summed E-state index contributed by atoms with van der Waals surface area (Å²) in [6.07, 6.45) is 3.59. The lowest BCUT2D eigenvalue weighted by Crippen LogP contribution is -2.62. The molecule has 1 saturated carbocycles. The van der Waals surface area contributed by atoms with Crippen LogP contribution in [-0.4, -0.2) is 52.1 Å². The highest BCUT2D eigenvalue weighted by molar-refractivity contribution is 5.95. The summed E-state index contributed by atoms with van der Waals surface area (Å²) in [4.78, 5) is 32.4. The zero-order chi connectivity index (χ0) is 25.1. The van der Waals surface area contributed by atoms with E-state index in [2.05, 4.69) is 15.2 Å². The van der Waals surface area contributed by atoms with Gasteiger partial charge in [-0.3, -0.25) is 24.7 Å². The minimum absolute atomic E-state index is 0.0972. The summed E-state index contributed by atoms with van der Waals surface area (Å²) in [5, 5.41) is 13.4. The number of ether oxygens (including phenoxy) is 1. The lowest BCUT2D eigenvalue weighted by atomic mass is 9.78. The van der Waals surface area contributed by atoms with Gasteiger partial charge < -0.3 is 10.1 Å². The topological polar surface area (TPSA) is 104 Å². The van der Waals surface area contributed by atoms with E-state index in [1.165, 1.54) is 0 Å². The van der Waals surface area contributed by atoms with Gasteiger partial charge in [0.25, 0.3) is 5.91 Å². The van der Waals surface area contributed by atoms with Crippen LogP contribution >= 0.6 is 0 Å². The SMILES string of the molecule is Cc1cc(COc2ccc(C(=O)NC3C(C(=O)NO)CCCC3N3CCC3)cc2)c2ccccc2n1. The molecule has 2 amide bonds. The molecule has 0 bridgehead atoms. The van der Waals surface area contributed by atoms with Crippen molar-refractivity contribution in [2.45, 2.75) is 51.3 Å². The van der Waals surface area contributed by atoms with E-state index in [4.69, 9.17) is 4.74 Å². The number of nitrogens with one attached hydrogen (secondary N) is 2. The lowest BCUT2D eigenvalue weighted by Gasteiger charge is -2.47. The molecule has 1 aliphatic carbocycles. The van der Waals surface area contributed by atoms with E-state index in [1.54, 1.807) is 29.7 Å². The number of carbonyl (C=O) groups excluding carboxylic acids is 2. The third-order valence-electron chi connectivity index (χ3n) is 7.41. The third kappa shape index (κ3) is 5.05. The van der Waals surface area contributed by atoms with Gasteiger partial charge in [-0.2, -0.15) is 0 Å². The van der Waals surface area contributed by atoms with Crippen LogP contribution in [0.5, 0.6) is 5.75 Å². The number of amides is 2. The largest absolute Gasteiger partial charge is 0.489 e. The van der Waals surface area contributed by atoms with E-state index in [0.717, 1.165) is 54.5 Å². The molecule has 3 N–H and O–H groups in total. The standard InChI is InChI=1S/C28H32N4O4/c1-18-16-20(22-6-2-3-8-24(22)29-18)17-36-21-12-10-19(11-13-21)27(33)30-26-23(28(34)31-35)7-4-9-25(26)32-14-5-15-32/h2-3,6,8,10-13,16,23,25-26,35H,4-5,7,9,14-15,17H2,1H3,(H,30,33)(H,31,34). The second kappa shape index (κ2) is 10.6. The molecule has 1 aliphatic heterocycles. The molecule has 0 radical (unpaired) electrons. The van der Waals surface area contributed by atoms with Crippen molar-refractivity contribution in [3.05, 3.63) is 71.4 Å². The number of rotatable bonds is 7. The number of hydrogen-bond acceptors (Lipinski definition) is 6. The van der Waals surface area contributed by atoms with Gasteiger partial charge in [0, 0.05) is 28.2 Å². The van der Waals surface area contributed by atoms with Crippen LogP contribution in [0, 0.1) is 12.8 Å². The van der Waals surface area contributed by atoms with Gasteiger partial charge in [0.2, 0.25) is 5.91 Å². The van der Waals surface area contributed by atoms with Crippen LogP contribution in [0.15, 0.2) is 54.6 Å². The number of para-hydroxylation sites is 1. The number of carbonyl (C=O) groups is 2. The molecule has 2 aliphatic rings. The van der Waals surface area contributed by atoms with Crippen LogP contribution in [-0.2, 0) is 11.4 Å². The van der Waals surface area contributed by atoms with E-state index >= 15 is 0 Å². The summed E-state index contributed by atoms with van der Waals surface area (Å²) < 4.78 is 6.03. The van der Waals surface area contributed by atoms with Crippen molar-refractivity contribution in [3.8, 4) is 5.75 Å². The van der Waals surface area contributed by atoms with E-state index in [1.807, 2.05) is 37.3 Å². The molecule has 3 atom stereocenters. The number of aryl methyl sites for hydroxylation is 1. The first-order valence-electron chi connectivity index (χ1n) is 12.6. The zero-order valence-corrected chi connectivity index (χ0v) is 20.4. The predicted octanol–water partition coefficient (Wildman–Crippen LogP) is 3.60. The van der Waals surface area contributed by atoms with Gasteiger partial charge in [0.1, 0.15) is 12.4 Å². The van der Waals surface area contributed by atoms with Gasteiger partial charge in [-0.1, -0.05) is 24.6 Å². The highest BCUT2D eigenvalue weighted by Gasteiger charge is 2.42. The van der Waals surface area contributed by atoms with Crippen molar-refractivity contribution in [1.29, 1.82) is 0 Å². The third-order valence-corrected chi connectivity index (χ3v) is 7.41. The van der Waals surface area contributed by atoms with Gasteiger partial charge in [0.05, 0.1) is 17.5 Å². The Morgan fingerprint density at radius 1 is 1.08 bits per heavy atom. The van der Waals surface area contributed by atoms with Crippen LogP contribution in [0.2, 0.25) is 0 Å². The van der Waals surface area contributed by atoms with Crippen molar-refractivity contribution >= 4 is 22.7 Å². The van der Waals surface area contributed by atoms with Crippen LogP contribution in [0.25, 0.3) is 10.9 Å². The summed E-state index contributed by atoms with van der Waals surface area (Å²) in [5.41, 5.74) is 5.23. The first-order chi connectivity index (χ1) is 17.5. The Morgan fingerprint density at radius 2 is 1.86 bits per heavy atom. The molecular weight excluding hydrogens is 456 g/mol. The van der Waals surface area contributed by atoms with Crippen LogP contribution in [0.3, 0.4) is 0 Å². The maximum atomic E-state index is 13.1. The van der Waals surface area contributed by atoms with E-state index < -0.39 is 11.8 Å². The number of nitrogens with zero attached hydrogens (tertiary/aromatic N) is 2. The first-order valence-corrected chi connectivity index (χ1v) is 12.6. The molecule has 5 rings (SSSR count). The maximum absolute atomic E-state index is 13.1. The summed E-state index contributed by atoms with van der Waals surface area (Å²) in [6.45, 7) is 4.32. The summed E-state index contributed by atoms with van der Waals surface area (Å²) in [5.74, 6) is -0.461. The fourth-order valence-corrected chi connectivity index (χ4v) is 5.44. The Kier molecular flexibility index (Phi) is 7.16. The molecule has 188 valence electrons. The van der Waals surface area contributed by atoms with Crippen LogP contribution < -0.4 is 15.5 Å². The highest BCUT2D eigenvalue weighted by Crippen LogP contribution is 2.31. The Balaban J connectivity index is 1.26. The number of pyridine rings is 1. The van der Waals surface area contributed by atoms with Gasteiger partial charge >= 0.3 is 0 Å². The van der Waals surface area contributed by atoms with Crippen molar-refractivity contribution < 1.29 is 19.5 Å². The Morgan fingerprint density at radius 3 is 2.58 bits per heavy atom. The summed E-state index contributed by atoms with van der Waals surface area (Å²) >= 11 is 0. The Labute approximate surface area is 210 Å². The summed E-state index contributed by atoms with van der Waals surface area (Å²) in [6, 6.07) is 16.8. The average Bonchev–Trinajstić information content (AvgIpc) is 2.87. The molecule has 3 unspecified atom stereocenters. The fourth-order valence-electron chi connectivity index (χ4n) is 5.44. The number of fused-ring (bicyclic) bond motifs is 1. The molecule has 1 saturated heterocycles. The predicted molar refractivity (Wildman–Crippen MR) is 136 cm³/mol. The molecule has 2 fully saturated rings. The number of aromatic nitrogens is 1. The Hall–Kier alpha value is -3.49. The van der Waals surface area contributed by atoms with Gasteiger partial charge in [-0.15, -0.1) is 0 Å². The monoisotopic (exact) mass is 488 g/mol. The molecule has 2 aromatic carbocycles. The van der Waals surface area contributed by atoms with Gasteiger partial charge in [0.15, 0.2) is 0 Å². The highest BCUT2D eigenvalue weighted by atomic mass is 16.5. The fraction of sp³-hybridized carbons (Fsp3) is 0.393. The van der Waals surface area contributed by atoms with E-state index in [9.17, 15) is 14.8 Å². The van der Waals surface area contributed by atoms with Crippen molar-refractivity contribution in [2.24, 2.45) is 5.92 Å². The number of hydroxylamine groups is 1. The first kappa shape index (κ1) is 24.2. The zero-order valence-electron chi connectivity index (χ0n) is 20.4. The van der Waals surface area contributed by atoms with Crippen molar-refractivity contribution in [3.63, 3.8) is 0 Å². The second-order valence-electron chi connectivity index (χ2n) is 9.72. The molecular formula is C28H32N4O4. The molecule has 3 aromatic rings. The lowest BCUT2D eigenvalue weighted by molar-refractivity contribution is -0.136. The number of benzene rings is 2. The molecule has 2 heterocycles. The second-order valence-corrected chi connectivity index (χ2v) is 9.72. The maximum Gasteiger partial charge on any atom is 0.251 e. The Bertz CT molecular complexity index is 1240. The smallest absolute Gasteiger partial charge is 0.251 e. The van der Waals surface area contributed by atoms with Crippen LogP contribution in [0.1, 0.15) is 47.3 Å². The molecule has 8 nitrogen and oxygen atoms in total. The van der Waals surface area contributed by atoms with Crippen molar-refractivity contribution in [2.75, 3.05) is 13.1 Å². The minimum Gasteiger partial charge on any atom is -0.489 e. The van der Waals surface area contributed by atoms with Gasteiger partial charge in [-0.25, -0.2) is 5.48 Å². The van der Waals surface area contributed by atoms with E-state index in [-0.39, 0.29) is 18.0 Å².